The second-order valence-electron chi connectivity index (χ2n) is 5.21. The van der Waals surface area contributed by atoms with Gasteiger partial charge in [-0.2, -0.15) is 5.10 Å². The molecule has 0 radical (unpaired) electrons. The van der Waals surface area contributed by atoms with Crippen LogP contribution in [0.3, 0.4) is 0 Å². The van der Waals surface area contributed by atoms with E-state index in [1.165, 1.54) is 0 Å². The van der Waals surface area contributed by atoms with Crippen LogP contribution in [0.5, 0.6) is 0 Å². The Morgan fingerprint density at radius 2 is 1.81 bits per heavy atom. The summed E-state index contributed by atoms with van der Waals surface area (Å²) in [5.74, 6) is 0.819. The van der Waals surface area contributed by atoms with E-state index in [0.29, 0.717) is 6.04 Å². The summed E-state index contributed by atoms with van der Waals surface area (Å²) in [5.41, 5.74) is 7.31. The first-order valence-corrected chi connectivity index (χ1v) is 6.94. The number of nitrogen functional groups attached to an aromatic ring is 1. The number of hydrogen-bond acceptors (Lipinski definition) is 2. The van der Waals surface area contributed by atoms with E-state index < -0.39 is 0 Å². The lowest BCUT2D eigenvalue weighted by atomic mass is 9.92. The fourth-order valence-corrected chi connectivity index (χ4v) is 2.98. The van der Waals surface area contributed by atoms with Crippen molar-refractivity contribution in [2.75, 3.05) is 5.73 Å². The Morgan fingerprint density at radius 1 is 1.31 bits per heavy atom. The molecule has 0 aliphatic rings. The van der Waals surface area contributed by atoms with Crippen molar-refractivity contribution in [3.05, 3.63) is 9.26 Å². The summed E-state index contributed by atoms with van der Waals surface area (Å²) in [4.78, 5) is 0. The molecule has 92 valence electrons. The molecule has 0 fully saturated rings. The predicted molar refractivity (Wildman–Crippen MR) is 77.7 cm³/mol. The van der Waals surface area contributed by atoms with Crippen molar-refractivity contribution >= 4 is 28.4 Å². The molecule has 1 aromatic heterocycles. The summed E-state index contributed by atoms with van der Waals surface area (Å²) in [5, 5.41) is 4.71. The lowest BCUT2D eigenvalue weighted by Crippen LogP contribution is -2.15. The highest BCUT2D eigenvalue weighted by molar-refractivity contribution is 14.1. The van der Waals surface area contributed by atoms with Crippen LogP contribution >= 0.6 is 22.6 Å². The van der Waals surface area contributed by atoms with Gasteiger partial charge in [0.05, 0.1) is 15.3 Å². The highest BCUT2D eigenvalue weighted by Gasteiger charge is 2.25. The lowest BCUT2D eigenvalue weighted by molar-refractivity contribution is 0.421. The van der Waals surface area contributed by atoms with Crippen LogP contribution < -0.4 is 5.73 Å². The molecule has 4 heteroatoms. The molecular weight excluding hydrogens is 313 g/mol. The summed E-state index contributed by atoms with van der Waals surface area (Å²) in [6.07, 6.45) is 2.14. The average molecular weight is 335 g/mol. The molecule has 1 rings (SSSR count). The maximum atomic E-state index is 6.15. The molecule has 0 aromatic carbocycles. The van der Waals surface area contributed by atoms with Gasteiger partial charge in [0.15, 0.2) is 0 Å². The number of nitrogens with zero attached hydrogens (tertiary/aromatic N) is 2. The van der Waals surface area contributed by atoms with Crippen LogP contribution in [-0.4, -0.2) is 9.78 Å². The topological polar surface area (TPSA) is 43.8 Å². The van der Waals surface area contributed by atoms with Crippen molar-refractivity contribution in [3.8, 4) is 0 Å². The summed E-state index contributed by atoms with van der Waals surface area (Å²) < 4.78 is 3.11. The predicted octanol–water partition coefficient (Wildman–Crippen LogP) is 3.73. The van der Waals surface area contributed by atoms with E-state index in [9.17, 15) is 0 Å². The van der Waals surface area contributed by atoms with Gasteiger partial charge in [-0.05, 0) is 35.4 Å². The third-order valence-corrected chi connectivity index (χ3v) is 3.95. The van der Waals surface area contributed by atoms with Gasteiger partial charge >= 0.3 is 0 Å². The van der Waals surface area contributed by atoms with Gasteiger partial charge in [0.25, 0.3) is 0 Å². The molecule has 0 saturated carbocycles. The van der Waals surface area contributed by atoms with Crippen LogP contribution in [-0.2, 0) is 5.41 Å². The zero-order valence-corrected chi connectivity index (χ0v) is 13.0. The SMILES string of the molecule is CCC(CC)n1nc(C(C)(C)C)c(I)c1N. The van der Waals surface area contributed by atoms with Crippen LogP contribution in [0.1, 0.15) is 59.2 Å². The first-order valence-electron chi connectivity index (χ1n) is 5.86. The number of halogens is 1. The van der Waals surface area contributed by atoms with Crippen LogP contribution in [0, 0.1) is 3.57 Å². The Kier molecular flexibility index (Phi) is 4.26. The molecule has 0 bridgehead atoms. The van der Waals surface area contributed by atoms with E-state index in [-0.39, 0.29) is 5.41 Å². The minimum atomic E-state index is 0.0575. The summed E-state index contributed by atoms with van der Waals surface area (Å²) in [6.45, 7) is 10.9. The normalized spacial score (nSPS) is 12.4. The Labute approximate surface area is 112 Å². The molecule has 0 atom stereocenters. The fourth-order valence-electron chi connectivity index (χ4n) is 1.82. The number of nitrogens with two attached hydrogens (primary N) is 1. The number of aromatic nitrogens is 2. The Morgan fingerprint density at radius 3 is 2.12 bits per heavy atom. The highest BCUT2D eigenvalue weighted by Crippen LogP contribution is 2.32. The summed E-state index contributed by atoms with van der Waals surface area (Å²) in [7, 11) is 0. The fraction of sp³-hybridized carbons (Fsp3) is 0.750. The maximum Gasteiger partial charge on any atom is 0.135 e. The summed E-state index contributed by atoms with van der Waals surface area (Å²) >= 11 is 2.31. The summed E-state index contributed by atoms with van der Waals surface area (Å²) in [6, 6.07) is 0.421. The smallest absolute Gasteiger partial charge is 0.135 e. The molecule has 16 heavy (non-hydrogen) atoms. The zero-order valence-electron chi connectivity index (χ0n) is 10.8. The van der Waals surface area contributed by atoms with E-state index >= 15 is 0 Å². The largest absolute Gasteiger partial charge is 0.383 e. The quantitative estimate of drug-likeness (QED) is 0.856. The van der Waals surface area contributed by atoms with Crippen molar-refractivity contribution in [1.29, 1.82) is 0 Å². The number of anilines is 1. The molecule has 0 spiro atoms. The van der Waals surface area contributed by atoms with Crippen LogP contribution in [0.4, 0.5) is 5.82 Å². The molecule has 0 amide bonds. The van der Waals surface area contributed by atoms with E-state index in [0.717, 1.165) is 27.9 Å². The second kappa shape index (κ2) is 4.94. The highest BCUT2D eigenvalue weighted by atomic mass is 127. The van der Waals surface area contributed by atoms with Crippen molar-refractivity contribution in [2.24, 2.45) is 0 Å². The van der Waals surface area contributed by atoms with Gasteiger partial charge in [-0.3, -0.25) is 0 Å². The van der Waals surface area contributed by atoms with Gasteiger partial charge in [-0.25, -0.2) is 4.68 Å². The van der Waals surface area contributed by atoms with Crippen molar-refractivity contribution in [1.82, 2.24) is 9.78 Å². The second-order valence-corrected chi connectivity index (χ2v) is 6.29. The Balaban J connectivity index is 3.24. The molecule has 3 nitrogen and oxygen atoms in total. The first-order chi connectivity index (χ1) is 7.32. The number of hydrogen-bond donors (Lipinski definition) is 1. The Hall–Kier alpha value is -0.260. The van der Waals surface area contributed by atoms with Gasteiger partial charge in [-0.1, -0.05) is 34.6 Å². The van der Waals surface area contributed by atoms with Crippen molar-refractivity contribution in [3.63, 3.8) is 0 Å². The minimum Gasteiger partial charge on any atom is -0.383 e. The van der Waals surface area contributed by atoms with Crippen LogP contribution in [0.2, 0.25) is 0 Å². The average Bonchev–Trinajstić information content (AvgIpc) is 2.47. The van der Waals surface area contributed by atoms with Gasteiger partial charge < -0.3 is 5.73 Å². The van der Waals surface area contributed by atoms with E-state index in [1.54, 1.807) is 0 Å². The Bertz CT molecular complexity index is 359. The maximum absolute atomic E-state index is 6.15. The van der Waals surface area contributed by atoms with Crippen LogP contribution in [0.25, 0.3) is 0 Å². The van der Waals surface area contributed by atoms with Gasteiger partial charge in [0.1, 0.15) is 5.82 Å². The van der Waals surface area contributed by atoms with E-state index in [1.807, 2.05) is 4.68 Å². The zero-order chi connectivity index (χ0) is 12.5. The third kappa shape index (κ3) is 2.52. The van der Waals surface area contributed by atoms with E-state index in [2.05, 4.69) is 57.2 Å². The molecule has 0 unspecified atom stereocenters. The number of rotatable bonds is 3. The molecule has 0 aliphatic heterocycles. The van der Waals surface area contributed by atoms with Crippen molar-refractivity contribution < 1.29 is 0 Å². The third-order valence-electron chi connectivity index (χ3n) is 2.89. The first kappa shape index (κ1) is 13.8. The monoisotopic (exact) mass is 335 g/mol. The van der Waals surface area contributed by atoms with Crippen LogP contribution in [0.15, 0.2) is 0 Å². The molecule has 1 heterocycles. The van der Waals surface area contributed by atoms with Gasteiger partial charge in [-0.15, -0.1) is 0 Å². The van der Waals surface area contributed by atoms with E-state index in [4.69, 9.17) is 10.8 Å². The van der Waals surface area contributed by atoms with Gasteiger partial charge in [0.2, 0.25) is 0 Å². The molecular formula is C12H22IN3. The molecule has 0 saturated heterocycles. The minimum absolute atomic E-state index is 0.0575. The molecule has 2 N–H and O–H groups in total. The lowest BCUT2D eigenvalue weighted by Gasteiger charge is -2.17. The molecule has 1 aromatic rings. The standard InChI is InChI=1S/C12H22IN3/c1-6-8(7-2)16-11(14)9(13)10(15-16)12(3,4)5/h8H,6-7,14H2,1-5H3. The van der Waals surface area contributed by atoms with Gasteiger partial charge in [0, 0.05) is 5.41 Å². The molecule has 0 aliphatic carbocycles. The van der Waals surface area contributed by atoms with Crippen molar-refractivity contribution in [2.45, 2.75) is 58.9 Å².